The summed E-state index contributed by atoms with van der Waals surface area (Å²) < 4.78 is 32.3. The Labute approximate surface area is 181 Å². The summed E-state index contributed by atoms with van der Waals surface area (Å²) in [6, 6.07) is 12.2. The summed E-state index contributed by atoms with van der Waals surface area (Å²) in [5, 5.41) is 11.6. The number of benzene rings is 2. The largest absolute Gasteiger partial charge is 0.452 e. The average molecular weight is 447 g/mol. The lowest BCUT2D eigenvalue weighted by atomic mass is 10.1. The van der Waals surface area contributed by atoms with Crippen molar-refractivity contribution in [2.24, 2.45) is 0 Å². The lowest BCUT2D eigenvalue weighted by Crippen LogP contribution is -2.32. The van der Waals surface area contributed by atoms with Crippen molar-refractivity contribution in [2.45, 2.75) is 37.2 Å². The zero-order valence-electron chi connectivity index (χ0n) is 17.1. The minimum Gasteiger partial charge on any atom is -0.452 e. The summed E-state index contributed by atoms with van der Waals surface area (Å²) in [5.41, 5.74) is 1.23. The Hall–Kier alpha value is -2.75. The Balaban J connectivity index is 1.59. The van der Waals surface area contributed by atoms with Crippen LogP contribution in [0.1, 0.15) is 41.6 Å². The third kappa shape index (κ3) is 6.13. The van der Waals surface area contributed by atoms with Crippen LogP contribution in [0.25, 0.3) is 0 Å². The Morgan fingerprint density at radius 2 is 1.68 bits per heavy atom. The van der Waals surface area contributed by atoms with E-state index in [2.05, 4.69) is 5.32 Å². The highest BCUT2D eigenvalue weighted by Crippen LogP contribution is 2.22. The molecule has 0 spiro atoms. The van der Waals surface area contributed by atoms with Gasteiger partial charge < -0.3 is 15.2 Å². The standard InChI is InChI=1S/C22H26N2O6S/c25-15-17-8-10-18(11-9-17)22(27)30-16-21(26)23-19-6-5-7-20(14-19)31(28,29)24-12-3-1-2-4-13-24/h5-11,14,25H,1-4,12-13,15-16H2,(H,23,26). The van der Waals surface area contributed by atoms with Crippen LogP contribution in [0, 0.1) is 0 Å². The fourth-order valence-electron chi connectivity index (χ4n) is 3.32. The van der Waals surface area contributed by atoms with Crippen molar-refractivity contribution in [2.75, 3.05) is 25.0 Å². The molecular weight excluding hydrogens is 420 g/mol. The van der Waals surface area contributed by atoms with E-state index in [-0.39, 0.29) is 17.1 Å². The van der Waals surface area contributed by atoms with E-state index in [9.17, 15) is 18.0 Å². The molecule has 0 bridgehead atoms. The number of carbonyl (C=O) groups is 2. The van der Waals surface area contributed by atoms with Crippen LogP contribution in [-0.2, 0) is 26.2 Å². The summed E-state index contributed by atoms with van der Waals surface area (Å²) in [4.78, 5) is 24.3. The quantitative estimate of drug-likeness (QED) is 0.632. The number of hydrogen-bond acceptors (Lipinski definition) is 6. The molecule has 2 aromatic carbocycles. The molecule has 0 aliphatic carbocycles. The van der Waals surface area contributed by atoms with Crippen molar-refractivity contribution in [3.8, 4) is 0 Å². The van der Waals surface area contributed by atoms with Gasteiger partial charge in [-0.2, -0.15) is 4.31 Å². The molecule has 0 unspecified atom stereocenters. The van der Waals surface area contributed by atoms with E-state index in [1.165, 1.54) is 28.6 Å². The Bertz CT molecular complexity index is 1010. The number of amides is 1. The van der Waals surface area contributed by atoms with Gasteiger partial charge in [-0.25, -0.2) is 13.2 Å². The maximum atomic E-state index is 12.9. The topological polar surface area (TPSA) is 113 Å². The van der Waals surface area contributed by atoms with Crippen molar-refractivity contribution in [1.82, 2.24) is 4.31 Å². The maximum absolute atomic E-state index is 12.9. The molecule has 0 aromatic heterocycles. The highest BCUT2D eigenvalue weighted by Gasteiger charge is 2.25. The van der Waals surface area contributed by atoms with E-state index in [4.69, 9.17) is 9.84 Å². The number of anilines is 1. The molecule has 2 aromatic rings. The number of ether oxygens (including phenoxy) is 1. The van der Waals surface area contributed by atoms with E-state index in [1.54, 1.807) is 24.3 Å². The van der Waals surface area contributed by atoms with Crippen LogP contribution in [0.4, 0.5) is 5.69 Å². The normalized spacial score (nSPS) is 15.1. The molecule has 166 valence electrons. The summed E-state index contributed by atoms with van der Waals surface area (Å²) in [5.74, 6) is -1.25. The van der Waals surface area contributed by atoms with Gasteiger partial charge in [-0.05, 0) is 48.7 Å². The van der Waals surface area contributed by atoms with Crippen molar-refractivity contribution in [1.29, 1.82) is 0 Å². The molecule has 1 heterocycles. The van der Waals surface area contributed by atoms with Crippen LogP contribution in [0.2, 0.25) is 0 Å². The van der Waals surface area contributed by atoms with Gasteiger partial charge in [-0.3, -0.25) is 4.79 Å². The molecule has 0 saturated carbocycles. The molecule has 0 radical (unpaired) electrons. The SMILES string of the molecule is O=C(COC(=O)c1ccc(CO)cc1)Nc1cccc(S(=O)(=O)N2CCCCCC2)c1. The number of nitrogens with one attached hydrogen (secondary N) is 1. The summed E-state index contributed by atoms with van der Waals surface area (Å²) >= 11 is 0. The van der Waals surface area contributed by atoms with Gasteiger partial charge in [-0.15, -0.1) is 0 Å². The number of hydrogen-bond donors (Lipinski definition) is 2. The van der Waals surface area contributed by atoms with Gasteiger partial charge >= 0.3 is 5.97 Å². The highest BCUT2D eigenvalue weighted by molar-refractivity contribution is 7.89. The Morgan fingerprint density at radius 3 is 2.32 bits per heavy atom. The van der Waals surface area contributed by atoms with E-state index in [1.807, 2.05) is 0 Å². The number of sulfonamides is 1. The average Bonchev–Trinajstić information content (AvgIpc) is 3.08. The number of rotatable bonds is 7. The van der Waals surface area contributed by atoms with Crippen molar-refractivity contribution in [3.05, 3.63) is 59.7 Å². The fraction of sp³-hybridized carbons (Fsp3) is 0.364. The molecule has 1 aliphatic rings. The second kappa shape index (κ2) is 10.5. The number of esters is 1. The van der Waals surface area contributed by atoms with E-state index in [0.717, 1.165) is 25.7 Å². The zero-order valence-corrected chi connectivity index (χ0v) is 17.9. The molecule has 31 heavy (non-hydrogen) atoms. The molecule has 1 saturated heterocycles. The lowest BCUT2D eigenvalue weighted by Gasteiger charge is -2.20. The lowest BCUT2D eigenvalue weighted by molar-refractivity contribution is -0.119. The van der Waals surface area contributed by atoms with Crippen LogP contribution in [0.5, 0.6) is 0 Å². The Morgan fingerprint density at radius 1 is 1.00 bits per heavy atom. The summed E-state index contributed by atoms with van der Waals surface area (Å²) in [7, 11) is -3.63. The second-order valence-electron chi connectivity index (χ2n) is 7.33. The first-order valence-electron chi connectivity index (χ1n) is 10.2. The summed E-state index contributed by atoms with van der Waals surface area (Å²) in [6.07, 6.45) is 3.71. The molecule has 2 N–H and O–H groups in total. The van der Waals surface area contributed by atoms with Crippen molar-refractivity contribution in [3.63, 3.8) is 0 Å². The van der Waals surface area contributed by atoms with Gasteiger partial charge in [-0.1, -0.05) is 31.0 Å². The number of carbonyl (C=O) groups excluding carboxylic acids is 2. The molecule has 3 rings (SSSR count). The monoisotopic (exact) mass is 446 g/mol. The van der Waals surface area contributed by atoms with Crippen LogP contribution in [-0.4, -0.2) is 49.4 Å². The first-order chi connectivity index (χ1) is 14.9. The molecular formula is C22H26N2O6S. The van der Waals surface area contributed by atoms with Gasteiger partial charge in [0, 0.05) is 18.8 Å². The van der Waals surface area contributed by atoms with E-state index < -0.39 is 28.5 Å². The zero-order chi connectivity index (χ0) is 22.3. The first kappa shape index (κ1) is 22.9. The minimum absolute atomic E-state index is 0.119. The molecule has 0 atom stereocenters. The van der Waals surface area contributed by atoms with Gasteiger partial charge in [0.05, 0.1) is 17.1 Å². The third-order valence-corrected chi connectivity index (χ3v) is 6.92. The minimum atomic E-state index is -3.63. The van der Waals surface area contributed by atoms with Crippen molar-refractivity contribution >= 4 is 27.6 Å². The smallest absolute Gasteiger partial charge is 0.338 e. The predicted octanol–water partition coefficient (Wildman–Crippen LogP) is 2.54. The molecule has 8 nitrogen and oxygen atoms in total. The molecule has 1 fully saturated rings. The van der Waals surface area contributed by atoms with Gasteiger partial charge in [0.2, 0.25) is 10.0 Å². The molecule has 1 aliphatic heterocycles. The van der Waals surface area contributed by atoms with E-state index >= 15 is 0 Å². The van der Waals surface area contributed by atoms with Gasteiger partial charge in [0.15, 0.2) is 6.61 Å². The van der Waals surface area contributed by atoms with Crippen LogP contribution >= 0.6 is 0 Å². The van der Waals surface area contributed by atoms with E-state index in [0.29, 0.717) is 24.3 Å². The molecule has 1 amide bonds. The highest BCUT2D eigenvalue weighted by atomic mass is 32.2. The number of aliphatic hydroxyl groups is 1. The molecule has 9 heteroatoms. The van der Waals surface area contributed by atoms with Crippen LogP contribution < -0.4 is 5.32 Å². The predicted molar refractivity (Wildman–Crippen MR) is 115 cm³/mol. The van der Waals surface area contributed by atoms with Gasteiger partial charge in [0.1, 0.15) is 0 Å². The van der Waals surface area contributed by atoms with Crippen LogP contribution in [0.15, 0.2) is 53.4 Å². The maximum Gasteiger partial charge on any atom is 0.338 e. The summed E-state index contributed by atoms with van der Waals surface area (Å²) in [6.45, 7) is 0.344. The van der Waals surface area contributed by atoms with Crippen molar-refractivity contribution < 1.29 is 27.9 Å². The number of nitrogens with zero attached hydrogens (tertiary/aromatic N) is 1. The van der Waals surface area contributed by atoms with Gasteiger partial charge in [0.25, 0.3) is 5.91 Å². The van der Waals surface area contributed by atoms with Crippen LogP contribution in [0.3, 0.4) is 0 Å². The Kier molecular flexibility index (Phi) is 7.78. The number of aliphatic hydroxyl groups excluding tert-OH is 1. The second-order valence-corrected chi connectivity index (χ2v) is 9.26. The first-order valence-corrected chi connectivity index (χ1v) is 11.6. The third-order valence-electron chi connectivity index (χ3n) is 5.03. The fourth-order valence-corrected chi connectivity index (χ4v) is 4.89.